The highest BCUT2D eigenvalue weighted by atomic mass is 35.5. The summed E-state index contributed by atoms with van der Waals surface area (Å²) in [6.07, 6.45) is 3.57. The van der Waals surface area contributed by atoms with Crippen molar-refractivity contribution in [2.45, 2.75) is 12.8 Å². The van der Waals surface area contributed by atoms with E-state index in [0.29, 0.717) is 17.5 Å². The molecule has 110 valence electrons. The molecule has 1 aromatic rings. The third-order valence-corrected chi connectivity index (χ3v) is 4.68. The van der Waals surface area contributed by atoms with Crippen LogP contribution >= 0.6 is 11.6 Å². The molecule has 20 heavy (non-hydrogen) atoms. The average Bonchev–Trinajstić information content (AvgIpc) is 2.91. The summed E-state index contributed by atoms with van der Waals surface area (Å²) in [6.45, 7) is 2.51. The molecule has 0 radical (unpaired) electrons. The third-order valence-electron chi connectivity index (χ3n) is 3.33. The van der Waals surface area contributed by atoms with Crippen molar-refractivity contribution in [3.63, 3.8) is 0 Å². The molecule has 1 unspecified atom stereocenters. The number of hydrogen-bond acceptors (Lipinski definition) is 3. The first-order valence-corrected chi connectivity index (χ1v) is 8.62. The first-order valence-electron chi connectivity index (χ1n) is 6.69. The lowest BCUT2D eigenvalue weighted by molar-refractivity contribution is 0.521. The molecule has 1 aromatic carbocycles. The van der Waals surface area contributed by atoms with Crippen LogP contribution < -0.4 is 10.0 Å². The van der Waals surface area contributed by atoms with E-state index in [9.17, 15) is 8.42 Å². The topological polar surface area (TPSA) is 58.2 Å². The smallest absolute Gasteiger partial charge is 0.233 e. The minimum Gasteiger partial charge on any atom is -0.316 e. The van der Waals surface area contributed by atoms with Gasteiger partial charge >= 0.3 is 0 Å². The fourth-order valence-electron chi connectivity index (χ4n) is 2.16. The number of halogens is 1. The number of sulfonamides is 1. The van der Waals surface area contributed by atoms with Crippen molar-refractivity contribution < 1.29 is 8.42 Å². The molecule has 1 aliphatic rings. The molecule has 0 aromatic heterocycles. The number of benzene rings is 1. The van der Waals surface area contributed by atoms with Crippen molar-refractivity contribution in [3.05, 3.63) is 40.3 Å². The quantitative estimate of drug-likeness (QED) is 0.846. The van der Waals surface area contributed by atoms with E-state index in [0.717, 1.165) is 31.5 Å². The van der Waals surface area contributed by atoms with E-state index < -0.39 is 10.0 Å². The van der Waals surface area contributed by atoms with Crippen LogP contribution in [0.5, 0.6) is 0 Å². The lowest BCUT2D eigenvalue weighted by Gasteiger charge is -2.08. The van der Waals surface area contributed by atoms with Gasteiger partial charge in [-0.1, -0.05) is 23.7 Å². The van der Waals surface area contributed by atoms with Gasteiger partial charge in [0.25, 0.3) is 0 Å². The third kappa shape index (κ3) is 5.25. The maximum atomic E-state index is 11.8. The van der Waals surface area contributed by atoms with Crippen LogP contribution in [0.3, 0.4) is 0 Å². The van der Waals surface area contributed by atoms with Crippen LogP contribution in [0.25, 0.3) is 6.08 Å². The monoisotopic (exact) mass is 314 g/mol. The Kier molecular flexibility index (Phi) is 5.60. The molecule has 1 heterocycles. The zero-order valence-electron chi connectivity index (χ0n) is 11.2. The summed E-state index contributed by atoms with van der Waals surface area (Å²) in [5, 5.41) is 5.10. The van der Waals surface area contributed by atoms with E-state index in [1.165, 1.54) is 5.41 Å². The van der Waals surface area contributed by atoms with Crippen LogP contribution in [-0.4, -0.2) is 28.1 Å². The van der Waals surface area contributed by atoms with Crippen LogP contribution in [0.15, 0.2) is 29.7 Å². The number of rotatable bonds is 6. The van der Waals surface area contributed by atoms with E-state index in [4.69, 9.17) is 11.6 Å². The lowest BCUT2D eigenvalue weighted by atomic mass is 10.1. The van der Waals surface area contributed by atoms with Gasteiger partial charge in [0, 0.05) is 17.0 Å². The van der Waals surface area contributed by atoms with Gasteiger partial charge in [-0.2, -0.15) is 0 Å². The van der Waals surface area contributed by atoms with Gasteiger partial charge < -0.3 is 5.32 Å². The van der Waals surface area contributed by atoms with Crippen LogP contribution in [0, 0.1) is 5.92 Å². The zero-order chi connectivity index (χ0) is 14.4. The van der Waals surface area contributed by atoms with Gasteiger partial charge in [-0.15, -0.1) is 0 Å². The highest BCUT2D eigenvalue weighted by Crippen LogP contribution is 2.12. The highest BCUT2D eigenvalue weighted by Gasteiger charge is 2.14. The van der Waals surface area contributed by atoms with Gasteiger partial charge in [-0.3, -0.25) is 0 Å². The van der Waals surface area contributed by atoms with Gasteiger partial charge in [-0.05, 0) is 55.6 Å². The Labute approximate surface area is 125 Å². The van der Waals surface area contributed by atoms with E-state index in [-0.39, 0.29) is 0 Å². The van der Waals surface area contributed by atoms with Gasteiger partial charge in [0.15, 0.2) is 0 Å². The molecular formula is C14H19ClN2O2S. The molecule has 0 bridgehead atoms. The highest BCUT2D eigenvalue weighted by molar-refractivity contribution is 7.92. The van der Waals surface area contributed by atoms with E-state index in [1.807, 2.05) is 0 Å². The Bertz CT molecular complexity index is 549. The molecule has 6 heteroatoms. The lowest BCUT2D eigenvalue weighted by Crippen LogP contribution is -2.24. The van der Waals surface area contributed by atoms with Crippen LogP contribution in [0.4, 0.5) is 0 Å². The molecule has 0 aliphatic carbocycles. The van der Waals surface area contributed by atoms with Crippen molar-refractivity contribution in [2.75, 3.05) is 19.6 Å². The van der Waals surface area contributed by atoms with Crippen molar-refractivity contribution in [2.24, 2.45) is 5.92 Å². The van der Waals surface area contributed by atoms with E-state index >= 15 is 0 Å². The summed E-state index contributed by atoms with van der Waals surface area (Å²) in [5.74, 6) is 0.581. The fraction of sp³-hybridized carbons (Fsp3) is 0.429. The van der Waals surface area contributed by atoms with Crippen molar-refractivity contribution in [1.82, 2.24) is 10.0 Å². The molecule has 0 spiro atoms. The van der Waals surface area contributed by atoms with Crippen LogP contribution in [0.2, 0.25) is 5.02 Å². The van der Waals surface area contributed by atoms with Gasteiger partial charge in [0.1, 0.15) is 0 Å². The van der Waals surface area contributed by atoms with E-state index in [2.05, 4.69) is 10.0 Å². The molecule has 1 atom stereocenters. The molecule has 1 aliphatic heterocycles. The van der Waals surface area contributed by atoms with Crippen LogP contribution in [0.1, 0.15) is 18.4 Å². The summed E-state index contributed by atoms with van der Waals surface area (Å²) in [4.78, 5) is 0. The Hall–Kier alpha value is -0.880. The SMILES string of the molecule is O=S(=O)(C=Cc1ccc(Cl)cc1)NCCC1CCNC1. The van der Waals surface area contributed by atoms with Crippen LogP contribution in [-0.2, 0) is 10.0 Å². The maximum Gasteiger partial charge on any atom is 0.233 e. The van der Waals surface area contributed by atoms with Crippen molar-refractivity contribution in [3.8, 4) is 0 Å². The number of nitrogens with one attached hydrogen (secondary N) is 2. The minimum absolute atomic E-state index is 0.486. The zero-order valence-corrected chi connectivity index (χ0v) is 12.8. The average molecular weight is 315 g/mol. The summed E-state index contributed by atoms with van der Waals surface area (Å²) in [7, 11) is -3.37. The summed E-state index contributed by atoms with van der Waals surface area (Å²) < 4.78 is 26.2. The van der Waals surface area contributed by atoms with Gasteiger partial charge in [0.05, 0.1) is 0 Å². The van der Waals surface area contributed by atoms with Crippen molar-refractivity contribution in [1.29, 1.82) is 0 Å². The Morgan fingerprint density at radius 1 is 1.35 bits per heavy atom. The second-order valence-electron chi connectivity index (χ2n) is 4.94. The number of hydrogen-bond donors (Lipinski definition) is 2. The Morgan fingerprint density at radius 2 is 2.10 bits per heavy atom. The Balaban J connectivity index is 1.81. The predicted octanol–water partition coefficient (Wildman–Crippen LogP) is 2.23. The first-order chi connectivity index (χ1) is 9.55. The molecule has 0 saturated carbocycles. The van der Waals surface area contributed by atoms with E-state index in [1.54, 1.807) is 30.3 Å². The molecule has 2 rings (SSSR count). The standard InChI is InChI=1S/C14H19ClN2O2S/c15-14-3-1-12(2-4-14)7-10-20(18,19)17-9-6-13-5-8-16-11-13/h1-4,7,10,13,16-17H,5-6,8-9,11H2. The molecule has 0 amide bonds. The molecule has 2 N–H and O–H groups in total. The van der Waals surface area contributed by atoms with Gasteiger partial charge in [-0.25, -0.2) is 13.1 Å². The second kappa shape index (κ2) is 7.22. The Morgan fingerprint density at radius 3 is 2.75 bits per heavy atom. The largest absolute Gasteiger partial charge is 0.316 e. The maximum absolute atomic E-state index is 11.8. The normalized spacial score (nSPS) is 19.8. The summed E-state index contributed by atoms with van der Waals surface area (Å²) in [6, 6.07) is 7.01. The molecular weight excluding hydrogens is 296 g/mol. The molecule has 4 nitrogen and oxygen atoms in total. The fourth-order valence-corrected chi connectivity index (χ4v) is 3.12. The summed E-state index contributed by atoms with van der Waals surface area (Å²) in [5.41, 5.74) is 0.805. The van der Waals surface area contributed by atoms with Crippen molar-refractivity contribution >= 4 is 27.7 Å². The second-order valence-corrected chi connectivity index (χ2v) is 7.03. The van der Waals surface area contributed by atoms with Gasteiger partial charge in [0.2, 0.25) is 10.0 Å². The molecule has 1 saturated heterocycles. The predicted molar refractivity (Wildman–Crippen MR) is 83.0 cm³/mol. The first kappa shape index (κ1) is 15.5. The minimum atomic E-state index is -3.37. The summed E-state index contributed by atoms with van der Waals surface area (Å²) >= 11 is 5.77. The molecule has 1 fully saturated rings.